The fourth-order valence-electron chi connectivity index (χ4n) is 3.01. The van der Waals surface area contributed by atoms with Crippen LogP contribution in [0.1, 0.15) is 58.3 Å². The van der Waals surface area contributed by atoms with Crippen molar-refractivity contribution < 1.29 is 38.8 Å². The van der Waals surface area contributed by atoms with Crippen molar-refractivity contribution in [2.75, 3.05) is 32.6 Å². The summed E-state index contributed by atoms with van der Waals surface area (Å²) in [7, 11) is -3.94. The average Bonchev–Trinajstić information content (AvgIpc) is 2.90. The maximum Gasteiger partial charge on any atom is 0.330 e. The van der Waals surface area contributed by atoms with E-state index in [0.29, 0.717) is 13.0 Å². The van der Waals surface area contributed by atoms with E-state index in [0.717, 1.165) is 19.4 Å². The van der Waals surface area contributed by atoms with Crippen molar-refractivity contribution in [1.82, 2.24) is 0 Å². The van der Waals surface area contributed by atoms with E-state index in [1.165, 1.54) is 32.1 Å². The van der Waals surface area contributed by atoms with Crippen molar-refractivity contribution in [2.24, 2.45) is 0 Å². The lowest BCUT2D eigenvalue weighted by atomic mass is 10.1. The van der Waals surface area contributed by atoms with Crippen LogP contribution in [-0.4, -0.2) is 77.2 Å². The summed E-state index contributed by atoms with van der Waals surface area (Å²) in [6.45, 7) is 3.19. The number of ether oxygens (including phenoxy) is 2. The molecule has 8 nitrogen and oxygen atoms in total. The van der Waals surface area contributed by atoms with Gasteiger partial charge >= 0.3 is 7.60 Å². The summed E-state index contributed by atoms with van der Waals surface area (Å²) in [5.74, 6) is 0. The molecule has 162 valence electrons. The van der Waals surface area contributed by atoms with Gasteiger partial charge in [0, 0.05) is 13.2 Å². The lowest BCUT2D eigenvalue weighted by molar-refractivity contribution is -0.0175. The van der Waals surface area contributed by atoms with E-state index in [2.05, 4.69) is 6.92 Å². The fourth-order valence-corrected chi connectivity index (χ4v) is 4.28. The Morgan fingerprint density at radius 1 is 0.889 bits per heavy atom. The van der Waals surface area contributed by atoms with Crippen molar-refractivity contribution in [2.45, 2.75) is 82.7 Å². The molecule has 0 saturated carbocycles. The smallest absolute Gasteiger partial charge is 0.330 e. The Bertz CT molecular complexity index is 422. The topological polar surface area (TPSA) is 126 Å². The van der Waals surface area contributed by atoms with Gasteiger partial charge < -0.3 is 34.2 Å². The van der Waals surface area contributed by atoms with Crippen LogP contribution in [0.3, 0.4) is 0 Å². The van der Waals surface area contributed by atoms with Crippen LogP contribution in [0.25, 0.3) is 0 Å². The first-order chi connectivity index (χ1) is 12.9. The summed E-state index contributed by atoms with van der Waals surface area (Å²) in [4.78, 5) is 9.87. The molecule has 4 N–H and O–H groups in total. The van der Waals surface area contributed by atoms with Crippen molar-refractivity contribution >= 4 is 7.60 Å². The Kier molecular flexibility index (Phi) is 13.0. The van der Waals surface area contributed by atoms with Crippen molar-refractivity contribution in [3.63, 3.8) is 0 Å². The first-order valence-electron chi connectivity index (χ1n) is 10.1. The molecular weight excluding hydrogens is 375 g/mol. The molecule has 27 heavy (non-hydrogen) atoms. The van der Waals surface area contributed by atoms with Crippen molar-refractivity contribution in [1.29, 1.82) is 0 Å². The van der Waals surface area contributed by atoms with Gasteiger partial charge in [0.05, 0.1) is 25.5 Å². The van der Waals surface area contributed by atoms with Crippen LogP contribution in [0.2, 0.25) is 0 Å². The molecule has 5 atom stereocenters. The van der Waals surface area contributed by atoms with Gasteiger partial charge in [-0.2, -0.15) is 0 Å². The summed E-state index contributed by atoms with van der Waals surface area (Å²) >= 11 is 0. The molecule has 0 aromatic heterocycles. The zero-order valence-electron chi connectivity index (χ0n) is 16.4. The molecule has 0 aromatic carbocycles. The van der Waals surface area contributed by atoms with Crippen LogP contribution < -0.4 is 0 Å². The van der Waals surface area contributed by atoms with Crippen molar-refractivity contribution in [3.05, 3.63) is 0 Å². The number of hydrogen-bond donors (Lipinski definition) is 4. The molecule has 1 rings (SSSR count). The quantitative estimate of drug-likeness (QED) is 0.223. The summed E-state index contributed by atoms with van der Waals surface area (Å²) in [6, 6.07) is 0. The molecule has 0 aromatic rings. The summed E-state index contributed by atoms with van der Waals surface area (Å²) in [5.41, 5.74) is 0. The second kappa shape index (κ2) is 14.0. The Morgan fingerprint density at radius 2 is 1.44 bits per heavy atom. The van der Waals surface area contributed by atoms with Gasteiger partial charge in [-0.1, -0.05) is 39.0 Å². The van der Waals surface area contributed by atoms with Gasteiger partial charge in [0.15, 0.2) is 0 Å². The lowest BCUT2D eigenvalue weighted by Crippen LogP contribution is -2.34. The lowest BCUT2D eigenvalue weighted by Gasteiger charge is -2.18. The first kappa shape index (κ1) is 25.0. The minimum Gasteiger partial charge on any atom is -0.394 e. The van der Waals surface area contributed by atoms with E-state index in [1.807, 2.05) is 0 Å². The molecule has 0 amide bonds. The largest absolute Gasteiger partial charge is 0.394 e. The molecule has 0 spiro atoms. The van der Waals surface area contributed by atoms with Crippen molar-refractivity contribution in [3.8, 4) is 0 Å². The van der Waals surface area contributed by atoms with Gasteiger partial charge in [-0.25, -0.2) is 0 Å². The Balaban J connectivity index is 2.03. The second-order valence-electron chi connectivity index (χ2n) is 7.12. The highest BCUT2D eigenvalue weighted by Gasteiger charge is 2.45. The van der Waals surface area contributed by atoms with Gasteiger partial charge in [-0.05, 0) is 19.3 Å². The molecule has 0 radical (unpaired) electrons. The van der Waals surface area contributed by atoms with E-state index >= 15 is 0 Å². The van der Waals surface area contributed by atoms with E-state index in [9.17, 15) is 19.7 Å². The molecule has 1 fully saturated rings. The highest BCUT2D eigenvalue weighted by molar-refractivity contribution is 7.52. The molecule has 1 aliphatic heterocycles. The van der Waals surface area contributed by atoms with Crippen LogP contribution in [0, 0.1) is 0 Å². The molecule has 9 heteroatoms. The number of hydrogen-bond acceptors (Lipinski definition) is 7. The minimum absolute atomic E-state index is 0.114. The monoisotopic (exact) mass is 412 g/mol. The molecule has 1 unspecified atom stereocenters. The van der Waals surface area contributed by atoms with E-state index in [4.69, 9.17) is 19.1 Å². The Morgan fingerprint density at radius 3 is 2.07 bits per heavy atom. The van der Waals surface area contributed by atoms with Crippen LogP contribution >= 0.6 is 7.60 Å². The van der Waals surface area contributed by atoms with Gasteiger partial charge in [0.2, 0.25) is 0 Å². The van der Waals surface area contributed by atoms with Crippen LogP contribution in [0.5, 0.6) is 0 Å². The standard InChI is InChI=1S/C18H37O8P/c1-2-3-4-5-6-7-10-24-11-8-9-12-25-27(22,23)14-16-18(21)17(20)15(13-19)26-16/h15-21H,2-14H2,1H3,(H,22,23)/t15-,16+,17-,18-/m1/s1. The predicted molar refractivity (Wildman–Crippen MR) is 102 cm³/mol. The van der Waals surface area contributed by atoms with Crippen LogP contribution in [-0.2, 0) is 18.6 Å². The number of aliphatic hydroxyl groups is 3. The third-order valence-electron chi connectivity index (χ3n) is 4.67. The van der Waals surface area contributed by atoms with Crippen LogP contribution in [0.15, 0.2) is 0 Å². The van der Waals surface area contributed by atoms with Gasteiger partial charge in [-0.15, -0.1) is 0 Å². The summed E-state index contributed by atoms with van der Waals surface area (Å²) < 4.78 is 27.9. The molecule has 1 saturated heterocycles. The SMILES string of the molecule is CCCCCCCCOCCCCOP(=O)(O)C[C@@H]1O[C@H](CO)[C@@H](O)[C@@H]1O. The van der Waals surface area contributed by atoms with Gasteiger partial charge in [0.1, 0.15) is 18.3 Å². The highest BCUT2D eigenvalue weighted by Crippen LogP contribution is 2.45. The third-order valence-corrected chi connectivity index (χ3v) is 6.08. The zero-order chi connectivity index (χ0) is 20.1. The van der Waals surface area contributed by atoms with Gasteiger partial charge in [-0.3, -0.25) is 4.57 Å². The predicted octanol–water partition coefficient (Wildman–Crippen LogP) is 1.83. The Hall–Kier alpha value is -0.0500. The minimum atomic E-state index is -3.94. The van der Waals surface area contributed by atoms with Crippen LogP contribution in [0.4, 0.5) is 0 Å². The first-order valence-corrected chi connectivity index (χ1v) is 11.8. The normalized spacial score (nSPS) is 27.7. The molecule has 0 bridgehead atoms. The maximum absolute atomic E-state index is 12.1. The molecule has 1 heterocycles. The van der Waals surface area contributed by atoms with E-state index < -0.39 is 44.8 Å². The molecule has 0 aliphatic carbocycles. The Labute approximate surface area is 162 Å². The number of unbranched alkanes of at least 4 members (excludes halogenated alkanes) is 6. The highest BCUT2D eigenvalue weighted by atomic mass is 31.2. The summed E-state index contributed by atoms with van der Waals surface area (Å²) in [6.07, 6.45) is 3.69. The second-order valence-corrected chi connectivity index (χ2v) is 9.02. The molecular formula is C18H37O8P. The maximum atomic E-state index is 12.1. The van der Waals surface area contributed by atoms with E-state index in [-0.39, 0.29) is 6.61 Å². The molecule has 1 aliphatic rings. The van der Waals surface area contributed by atoms with Gasteiger partial charge in [0.25, 0.3) is 0 Å². The number of aliphatic hydroxyl groups excluding tert-OH is 3. The average molecular weight is 412 g/mol. The van der Waals surface area contributed by atoms with E-state index in [1.54, 1.807) is 0 Å². The fraction of sp³-hybridized carbons (Fsp3) is 1.00. The number of rotatable bonds is 16. The third kappa shape index (κ3) is 10.3. The summed E-state index contributed by atoms with van der Waals surface area (Å²) in [5, 5.41) is 28.5. The zero-order valence-corrected chi connectivity index (χ0v) is 17.3.